The van der Waals surface area contributed by atoms with Crippen LogP contribution in [0, 0.1) is 5.41 Å². The van der Waals surface area contributed by atoms with Crippen molar-refractivity contribution in [2.24, 2.45) is 5.41 Å². The summed E-state index contributed by atoms with van der Waals surface area (Å²) in [6.45, 7) is 10.2. The molecule has 0 spiro atoms. The number of rotatable bonds is 9. The zero-order valence-electron chi connectivity index (χ0n) is 10.5. The van der Waals surface area contributed by atoms with Crippen molar-refractivity contribution in [1.82, 2.24) is 4.90 Å². The smallest absolute Gasteiger partial charge is 0.0443 e. The molecule has 0 radical (unpaired) electrons. The molecule has 15 heavy (non-hydrogen) atoms. The van der Waals surface area contributed by atoms with Gasteiger partial charge in [0.2, 0.25) is 0 Å². The van der Waals surface area contributed by atoms with Gasteiger partial charge in [-0.3, -0.25) is 0 Å². The molecule has 0 aromatic carbocycles. The molecule has 0 rings (SSSR count). The molecule has 0 unspecified atom stereocenters. The van der Waals surface area contributed by atoms with Crippen LogP contribution in [0.5, 0.6) is 0 Å². The predicted molar refractivity (Wildman–Crippen MR) is 70.7 cm³/mol. The van der Waals surface area contributed by atoms with Crippen molar-refractivity contribution in [3.63, 3.8) is 0 Å². The molecule has 0 saturated heterocycles. The zero-order chi connectivity index (χ0) is 11.7. The van der Waals surface area contributed by atoms with E-state index in [1.54, 1.807) is 0 Å². The normalized spacial score (nSPS) is 12.4. The molecule has 2 nitrogen and oxygen atoms in total. The van der Waals surface area contributed by atoms with Gasteiger partial charge in [0.1, 0.15) is 0 Å². The first-order valence-corrected chi connectivity index (χ1v) is 6.75. The van der Waals surface area contributed by atoms with Crippen molar-refractivity contribution >= 4 is 12.6 Å². The van der Waals surface area contributed by atoms with Gasteiger partial charge in [-0.15, -0.1) is 0 Å². The number of aliphatic hydroxyl groups excluding tert-OH is 1. The molecule has 92 valence electrons. The average molecular weight is 233 g/mol. The minimum atomic E-state index is 0.294. The summed E-state index contributed by atoms with van der Waals surface area (Å²) in [7, 11) is 0. The molecule has 0 aliphatic rings. The van der Waals surface area contributed by atoms with E-state index < -0.39 is 0 Å². The van der Waals surface area contributed by atoms with Gasteiger partial charge in [0.15, 0.2) is 0 Å². The maximum atomic E-state index is 8.84. The number of hydrogen-bond acceptors (Lipinski definition) is 3. The summed E-state index contributed by atoms with van der Waals surface area (Å²) in [5, 5.41) is 8.84. The van der Waals surface area contributed by atoms with Crippen molar-refractivity contribution in [3.8, 4) is 0 Å². The second kappa shape index (κ2) is 8.43. The molecule has 0 atom stereocenters. The highest BCUT2D eigenvalue weighted by Crippen LogP contribution is 2.28. The Morgan fingerprint density at radius 3 is 2.13 bits per heavy atom. The molecule has 0 fully saturated rings. The van der Waals surface area contributed by atoms with Gasteiger partial charge in [-0.2, -0.15) is 12.6 Å². The fourth-order valence-corrected chi connectivity index (χ4v) is 2.41. The van der Waals surface area contributed by atoms with Crippen LogP contribution in [-0.2, 0) is 0 Å². The molecular weight excluding hydrogens is 206 g/mol. The summed E-state index contributed by atoms with van der Waals surface area (Å²) < 4.78 is 0. The first-order valence-electron chi connectivity index (χ1n) is 6.12. The van der Waals surface area contributed by atoms with Crippen molar-refractivity contribution in [2.45, 2.75) is 40.0 Å². The second-order valence-corrected chi connectivity index (χ2v) is 4.63. The molecule has 0 amide bonds. The maximum absolute atomic E-state index is 8.84. The summed E-state index contributed by atoms with van der Waals surface area (Å²) >= 11 is 4.49. The quantitative estimate of drug-likeness (QED) is 0.598. The molecule has 3 heteroatoms. The predicted octanol–water partition coefficient (Wildman–Crippen LogP) is 2.43. The van der Waals surface area contributed by atoms with E-state index in [-0.39, 0.29) is 0 Å². The Hall–Kier alpha value is 0.270. The highest BCUT2D eigenvalue weighted by atomic mass is 32.1. The Morgan fingerprint density at radius 2 is 1.80 bits per heavy atom. The van der Waals surface area contributed by atoms with Crippen LogP contribution in [0.25, 0.3) is 0 Å². The summed E-state index contributed by atoms with van der Waals surface area (Å²) in [4.78, 5) is 2.43. The van der Waals surface area contributed by atoms with E-state index in [4.69, 9.17) is 5.11 Å². The first-order chi connectivity index (χ1) is 7.17. The molecule has 0 aliphatic carbocycles. The van der Waals surface area contributed by atoms with Crippen molar-refractivity contribution in [3.05, 3.63) is 0 Å². The summed E-state index contributed by atoms with van der Waals surface area (Å²) in [5.74, 6) is 0.954. The highest BCUT2D eigenvalue weighted by molar-refractivity contribution is 7.80. The minimum Gasteiger partial charge on any atom is -0.396 e. The van der Waals surface area contributed by atoms with Gasteiger partial charge in [0, 0.05) is 19.7 Å². The van der Waals surface area contributed by atoms with Crippen LogP contribution in [0.2, 0.25) is 0 Å². The van der Waals surface area contributed by atoms with Crippen molar-refractivity contribution in [1.29, 1.82) is 0 Å². The Kier molecular flexibility index (Phi) is 8.58. The van der Waals surface area contributed by atoms with Gasteiger partial charge in [0.25, 0.3) is 0 Å². The van der Waals surface area contributed by atoms with Crippen LogP contribution < -0.4 is 0 Å². The Labute approximate surface area is 100 Å². The van der Waals surface area contributed by atoms with E-state index in [9.17, 15) is 0 Å². The van der Waals surface area contributed by atoms with Gasteiger partial charge in [0.05, 0.1) is 0 Å². The molecule has 0 bridgehead atoms. The van der Waals surface area contributed by atoms with Gasteiger partial charge >= 0.3 is 0 Å². The molecule has 0 aromatic heterocycles. The lowest BCUT2D eigenvalue weighted by atomic mass is 9.84. The number of aliphatic hydroxyl groups is 1. The maximum Gasteiger partial charge on any atom is 0.0443 e. The van der Waals surface area contributed by atoms with E-state index in [1.807, 2.05) is 0 Å². The number of hydrogen-bond donors (Lipinski definition) is 2. The standard InChI is InChI=1S/C12H27NOS/c1-4-12(5-2,11-15)10-13(6-3)8-7-9-14/h14-15H,4-11H2,1-3H3. The first kappa shape index (κ1) is 15.3. The van der Waals surface area contributed by atoms with Crippen LogP contribution in [0.4, 0.5) is 0 Å². The Morgan fingerprint density at radius 1 is 1.20 bits per heavy atom. The lowest BCUT2D eigenvalue weighted by Crippen LogP contribution is -2.39. The van der Waals surface area contributed by atoms with E-state index >= 15 is 0 Å². The van der Waals surface area contributed by atoms with Gasteiger partial charge in [-0.1, -0.05) is 20.8 Å². The molecule has 0 aromatic rings. The van der Waals surface area contributed by atoms with E-state index in [0.717, 1.165) is 31.8 Å². The monoisotopic (exact) mass is 233 g/mol. The van der Waals surface area contributed by atoms with Crippen LogP contribution in [0.15, 0.2) is 0 Å². The highest BCUT2D eigenvalue weighted by Gasteiger charge is 2.26. The summed E-state index contributed by atoms with van der Waals surface area (Å²) in [5.41, 5.74) is 0.356. The fourth-order valence-electron chi connectivity index (χ4n) is 1.86. The van der Waals surface area contributed by atoms with E-state index in [0.29, 0.717) is 12.0 Å². The third-order valence-corrected chi connectivity index (χ3v) is 4.14. The fraction of sp³-hybridized carbons (Fsp3) is 1.00. The van der Waals surface area contributed by atoms with Crippen LogP contribution >= 0.6 is 12.6 Å². The third kappa shape index (κ3) is 5.23. The van der Waals surface area contributed by atoms with Gasteiger partial charge < -0.3 is 10.0 Å². The van der Waals surface area contributed by atoms with Crippen LogP contribution in [-0.4, -0.2) is 42.0 Å². The zero-order valence-corrected chi connectivity index (χ0v) is 11.4. The number of thiol groups is 1. The topological polar surface area (TPSA) is 23.5 Å². The lowest BCUT2D eigenvalue weighted by Gasteiger charge is -2.35. The third-order valence-electron chi connectivity index (χ3n) is 3.47. The van der Waals surface area contributed by atoms with Crippen LogP contribution in [0.1, 0.15) is 40.0 Å². The summed E-state index contributed by atoms with van der Waals surface area (Å²) in [6.07, 6.45) is 3.25. The lowest BCUT2D eigenvalue weighted by molar-refractivity contribution is 0.151. The van der Waals surface area contributed by atoms with Gasteiger partial charge in [-0.25, -0.2) is 0 Å². The second-order valence-electron chi connectivity index (χ2n) is 4.31. The average Bonchev–Trinajstić information content (AvgIpc) is 2.30. The van der Waals surface area contributed by atoms with Gasteiger partial charge in [-0.05, 0) is 37.0 Å². The minimum absolute atomic E-state index is 0.294. The number of nitrogens with zero attached hydrogens (tertiary/aromatic N) is 1. The Bertz CT molecular complexity index is 140. The molecule has 0 aliphatic heterocycles. The van der Waals surface area contributed by atoms with Crippen molar-refractivity contribution < 1.29 is 5.11 Å². The largest absolute Gasteiger partial charge is 0.396 e. The molecule has 1 N–H and O–H groups in total. The van der Waals surface area contributed by atoms with Crippen molar-refractivity contribution in [2.75, 3.05) is 32.0 Å². The van der Waals surface area contributed by atoms with E-state index in [1.165, 1.54) is 12.8 Å². The Balaban J connectivity index is 4.21. The molecular formula is C12H27NOS. The molecule has 0 saturated carbocycles. The van der Waals surface area contributed by atoms with Crippen LogP contribution in [0.3, 0.4) is 0 Å². The molecule has 0 heterocycles. The summed E-state index contributed by atoms with van der Waals surface area (Å²) in [6, 6.07) is 0. The van der Waals surface area contributed by atoms with E-state index in [2.05, 4.69) is 38.3 Å². The SMILES string of the molecule is CCN(CCCO)CC(CC)(CC)CS.